The lowest BCUT2D eigenvalue weighted by molar-refractivity contribution is -0.384. The summed E-state index contributed by atoms with van der Waals surface area (Å²) in [7, 11) is 0. The van der Waals surface area contributed by atoms with Gasteiger partial charge in [0.25, 0.3) is 5.69 Å². The topological polar surface area (TPSA) is 98.3 Å². The van der Waals surface area contributed by atoms with Gasteiger partial charge in [0.2, 0.25) is 5.91 Å². The molecule has 104 valence electrons. The van der Waals surface area contributed by atoms with E-state index in [1.807, 2.05) is 13.8 Å². The molecular formula is C12H16ClN3O3. The van der Waals surface area contributed by atoms with Crippen LogP contribution in [0.2, 0.25) is 5.02 Å². The first-order valence-corrected chi connectivity index (χ1v) is 6.05. The summed E-state index contributed by atoms with van der Waals surface area (Å²) in [6.07, 6.45) is 0.166. The van der Waals surface area contributed by atoms with Crippen molar-refractivity contribution in [2.45, 2.75) is 32.4 Å². The molecule has 1 aromatic carbocycles. The van der Waals surface area contributed by atoms with E-state index in [1.165, 1.54) is 18.2 Å². The van der Waals surface area contributed by atoms with Crippen molar-refractivity contribution in [3.05, 3.63) is 38.9 Å². The second-order valence-corrected chi connectivity index (χ2v) is 5.32. The van der Waals surface area contributed by atoms with Crippen LogP contribution in [-0.4, -0.2) is 16.4 Å². The summed E-state index contributed by atoms with van der Waals surface area (Å²) in [5.41, 5.74) is 5.23. The van der Waals surface area contributed by atoms with E-state index < -0.39 is 16.4 Å². The summed E-state index contributed by atoms with van der Waals surface area (Å²) >= 11 is 5.98. The lowest BCUT2D eigenvalue weighted by Crippen LogP contribution is -2.42. The molecule has 0 heterocycles. The van der Waals surface area contributed by atoms with Crippen molar-refractivity contribution in [2.75, 3.05) is 0 Å². The SMILES string of the molecule is CC(C)(CC(N)=O)NCc1cc([N+](=O)[O-])ccc1Cl. The Morgan fingerprint density at radius 1 is 1.53 bits per heavy atom. The fourth-order valence-corrected chi connectivity index (χ4v) is 1.83. The highest BCUT2D eigenvalue weighted by atomic mass is 35.5. The molecule has 0 bridgehead atoms. The summed E-state index contributed by atoms with van der Waals surface area (Å²) in [5.74, 6) is -0.414. The Morgan fingerprint density at radius 3 is 2.68 bits per heavy atom. The van der Waals surface area contributed by atoms with Gasteiger partial charge in [-0.25, -0.2) is 0 Å². The standard InChI is InChI=1S/C12H16ClN3O3/c1-12(2,6-11(14)17)15-7-8-5-9(16(18)19)3-4-10(8)13/h3-5,15H,6-7H2,1-2H3,(H2,14,17). The number of amides is 1. The maximum Gasteiger partial charge on any atom is 0.269 e. The molecule has 3 N–H and O–H groups in total. The predicted molar refractivity (Wildman–Crippen MR) is 72.8 cm³/mol. The van der Waals surface area contributed by atoms with Crippen LogP contribution in [0.5, 0.6) is 0 Å². The van der Waals surface area contributed by atoms with Gasteiger partial charge in [0.05, 0.1) is 4.92 Å². The van der Waals surface area contributed by atoms with Crippen LogP contribution in [0.1, 0.15) is 25.8 Å². The van der Waals surface area contributed by atoms with E-state index in [2.05, 4.69) is 5.32 Å². The van der Waals surface area contributed by atoms with Gasteiger partial charge in [-0.2, -0.15) is 0 Å². The van der Waals surface area contributed by atoms with Crippen molar-refractivity contribution >= 4 is 23.2 Å². The number of nitrogens with zero attached hydrogens (tertiary/aromatic N) is 1. The average molecular weight is 286 g/mol. The molecule has 1 amide bonds. The van der Waals surface area contributed by atoms with E-state index in [1.54, 1.807) is 0 Å². The van der Waals surface area contributed by atoms with Crippen LogP contribution in [0.4, 0.5) is 5.69 Å². The minimum atomic E-state index is -0.500. The third-order valence-electron chi connectivity index (χ3n) is 2.61. The van der Waals surface area contributed by atoms with Gasteiger partial charge in [-0.3, -0.25) is 14.9 Å². The van der Waals surface area contributed by atoms with Gasteiger partial charge in [0, 0.05) is 35.7 Å². The number of halogens is 1. The molecule has 1 rings (SSSR count). The van der Waals surface area contributed by atoms with Gasteiger partial charge < -0.3 is 11.1 Å². The summed E-state index contributed by atoms with van der Waals surface area (Å²) in [6, 6.07) is 4.24. The molecule has 6 nitrogen and oxygen atoms in total. The number of carbonyl (C=O) groups is 1. The zero-order valence-corrected chi connectivity index (χ0v) is 11.5. The summed E-state index contributed by atoms with van der Waals surface area (Å²) in [5, 5.41) is 14.2. The second kappa shape index (κ2) is 5.99. The molecule has 7 heteroatoms. The Bertz CT molecular complexity index is 503. The highest BCUT2D eigenvalue weighted by Crippen LogP contribution is 2.22. The molecule has 0 saturated heterocycles. The van der Waals surface area contributed by atoms with Crippen molar-refractivity contribution in [1.29, 1.82) is 0 Å². The number of nitrogens with one attached hydrogen (secondary N) is 1. The number of nitrogens with two attached hydrogens (primary N) is 1. The number of nitro groups is 1. The van der Waals surface area contributed by atoms with Crippen LogP contribution in [0.25, 0.3) is 0 Å². The van der Waals surface area contributed by atoms with Crippen LogP contribution < -0.4 is 11.1 Å². The fraction of sp³-hybridized carbons (Fsp3) is 0.417. The molecule has 0 aliphatic carbocycles. The van der Waals surface area contributed by atoms with Gasteiger partial charge in [0.1, 0.15) is 0 Å². The Morgan fingerprint density at radius 2 is 2.16 bits per heavy atom. The van der Waals surface area contributed by atoms with Crippen molar-refractivity contribution in [3.63, 3.8) is 0 Å². The molecule has 0 spiro atoms. The molecule has 0 aliphatic heterocycles. The van der Waals surface area contributed by atoms with Crippen molar-refractivity contribution < 1.29 is 9.72 Å². The molecule has 0 aliphatic rings. The highest BCUT2D eigenvalue weighted by Gasteiger charge is 2.20. The van der Waals surface area contributed by atoms with Crippen molar-refractivity contribution in [2.24, 2.45) is 5.73 Å². The first-order chi connectivity index (χ1) is 8.71. The number of benzene rings is 1. The van der Waals surface area contributed by atoms with E-state index in [4.69, 9.17) is 17.3 Å². The predicted octanol–water partition coefficient (Wildman–Crippen LogP) is 1.99. The normalized spacial score (nSPS) is 11.3. The van der Waals surface area contributed by atoms with Crippen LogP contribution >= 0.6 is 11.6 Å². The smallest absolute Gasteiger partial charge is 0.269 e. The van der Waals surface area contributed by atoms with Crippen LogP contribution in [0, 0.1) is 10.1 Å². The van der Waals surface area contributed by atoms with Gasteiger partial charge >= 0.3 is 0 Å². The van der Waals surface area contributed by atoms with E-state index in [0.29, 0.717) is 17.1 Å². The number of carbonyl (C=O) groups excluding carboxylic acids is 1. The Labute approximate surface area is 116 Å². The summed E-state index contributed by atoms with van der Waals surface area (Å²) < 4.78 is 0. The monoisotopic (exact) mass is 285 g/mol. The lowest BCUT2D eigenvalue weighted by Gasteiger charge is -2.25. The Balaban J connectivity index is 2.79. The van der Waals surface area contributed by atoms with Crippen LogP contribution in [-0.2, 0) is 11.3 Å². The molecule has 0 atom stereocenters. The van der Waals surface area contributed by atoms with Crippen molar-refractivity contribution in [3.8, 4) is 0 Å². The minimum absolute atomic E-state index is 0.0195. The zero-order valence-electron chi connectivity index (χ0n) is 10.8. The van der Waals surface area contributed by atoms with Crippen LogP contribution in [0.15, 0.2) is 18.2 Å². The van der Waals surface area contributed by atoms with Crippen molar-refractivity contribution in [1.82, 2.24) is 5.32 Å². The number of non-ortho nitro benzene ring substituents is 1. The first kappa shape index (κ1) is 15.4. The summed E-state index contributed by atoms with van der Waals surface area (Å²) in [4.78, 5) is 21.1. The molecule has 1 aromatic rings. The second-order valence-electron chi connectivity index (χ2n) is 4.91. The number of nitro benzene ring substituents is 1. The van der Waals surface area contributed by atoms with E-state index in [9.17, 15) is 14.9 Å². The van der Waals surface area contributed by atoms with Crippen LogP contribution in [0.3, 0.4) is 0 Å². The molecule has 0 fully saturated rings. The molecule has 0 unspecified atom stereocenters. The third kappa shape index (κ3) is 4.84. The minimum Gasteiger partial charge on any atom is -0.370 e. The summed E-state index contributed by atoms with van der Waals surface area (Å²) in [6.45, 7) is 3.97. The van der Waals surface area contributed by atoms with Gasteiger partial charge in [-0.05, 0) is 25.5 Å². The van der Waals surface area contributed by atoms with E-state index >= 15 is 0 Å². The first-order valence-electron chi connectivity index (χ1n) is 5.67. The molecule has 0 saturated carbocycles. The quantitative estimate of drug-likeness (QED) is 0.617. The van der Waals surface area contributed by atoms with E-state index in [-0.39, 0.29) is 12.1 Å². The van der Waals surface area contributed by atoms with E-state index in [0.717, 1.165) is 0 Å². The molecular weight excluding hydrogens is 270 g/mol. The van der Waals surface area contributed by atoms with Gasteiger partial charge in [-0.15, -0.1) is 0 Å². The largest absolute Gasteiger partial charge is 0.370 e. The fourth-order valence-electron chi connectivity index (χ4n) is 1.64. The maximum atomic E-state index is 10.9. The molecule has 0 aromatic heterocycles. The van der Waals surface area contributed by atoms with Gasteiger partial charge in [-0.1, -0.05) is 11.6 Å². The highest BCUT2D eigenvalue weighted by molar-refractivity contribution is 6.31. The third-order valence-corrected chi connectivity index (χ3v) is 2.98. The zero-order chi connectivity index (χ0) is 14.6. The number of hydrogen-bond donors (Lipinski definition) is 2. The molecule has 0 radical (unpaired) electrons. The molecule has 19 heavy (non-hydrogen) atoms. The Kier molecular flexibility index (Phi) is 4.85. The number of primary amides is 1. The number of hydrogen-bond acceptors (Lipinski definition) is 4. The average Bonchev–Trinajstić information content (AvgIpc) is 2.25. The Hall–Kier alpha value is -1.66. The van der Waals surface area contributed by atoms with Gasteiger partial charge in [0.15, 0.2) is 0 Å². The maximum absolute atomic E-state index is 10.9. The number of rotatable bonds is 6. The lowest BCUT2D eigenvalue weighted by atomic mass is 10.00.